The number of nitrogens with two attached hydrogens (primary N) is 1. The molecule has 2 N–H and O–H groups in total. The minimum atomic E-state index is -0.817. The minimum Gasteiger partial charge on any atom is -0.453 e. The summed E-state index contributed by atoms with van der Waals surface area (Å²) < 4.78 is 4.40. The SMILES string of the molecule is CC(=O)O[C@H](C)C(N)=O. The zero-order chi connectivity index (χ0) is 7.44. The molecule has 9 heavy (non-hydrogen) atoms. The highest BCUT2D eigenvalue weighted by molar-refractivity contribution is 5.81. The molecule has 0 radical (unpaired) electrons. The highest BCUT2D eigenvalue weighted by Gasteiger charge is 2.09. The fourth-order valence-electron chi connectivity index (χ4n) is 0.307. The smallest absolute Gasteiger partial charge is 0.303 e. The van der Waals surface area contributed by atoms with Crippen LogP contribution >= 0.6 is 0 Å². The molecule has 0 aromatic heterocycles. The molecule has 52 valence electrons. The minimum absolute atomic E-state index is 0.499. The Kier molecular flexibility index (Phi) is 2.70. The van der Waals surface area contributed by atoms with Crippen LogP contribution in [0.25, 0.3) is 0 Å². The van der Waals surface area contributed by atoms with Crippen molar-refractivity contribution >= 4 is 11.9 Å². The van der Waals surface area contributed by atoms with Crippen molar-refractivity contribution in [3.8, 4) is 0 Å². The molecule has 0 aliphatic carbocycles. The summed E-state index contributed by atoms with van der Waals surface area (Å²) in [5, 5.41) is 0. The van der Waals surface area contributed by atoms with Crippen LogP contribution in [-0.4, -0.2) is 18.0 Å². The van der Waals surface area contributed by atoms with E-state index in [4.69, 9.17) is 5.73 Å². The van der Waals surface area contributed by atoms with Crippen molar-refractivity contribution in [1.29, 1.82) is 0 Å². The molecule has 0 bridgehead atoms. The van der Waals surface area contributed by atoms with Gasteiger partial charge >= 0.3 is 5.97 Å². The number of amides is 1. The molecule has 0 spiro atoms. The van der Waals surface area contributed by atoms with Gasteiger partial charge in [-0.15, -0.1) is 0 Å². The van der Waals surface area contributed by atoms with Crippen molar-refractivity contribution in [2.75, 3.05) is 0 Å². The van der Waals surface area contributed by atoms with Crippen LogP contribution in [0, 0.1) is 0 Å². The Labute approximate surface area is 53.0 Å². The lowest BCUT2D eigenvalue weighted by atomic mass is 10.4. The van der Waals surface area contributed by atoms with Crippen LogP contribution < -0.4 is 5.73 Å². The number of hydrogen-bond donors (Lipinski definition) is 1. The maximum absolute atomic E-state index is 10.2. The molecule has 0 aliphatic rings. The summed E-state index contributed by atoms with van der Waals surface area (Å²) >= 11 is 0. The van der Waals surface area contributed by atoms with Gasteiger partial charge in [-0.2, -0.15) is 0 Å². The third kappa shape index (κ3) is 3.52. The van der Waals surface area contributed by atoms with E-state index in [-0.39, 0.29) is 0 Å². The van der Waals surface area contributed by atoms with E-state index < -0.39 is 18.0 Å². The molecule has 1 atom stereocenters. The quantitative estimate of drug-likeness (QED) is 0.510. The van der Waals surface area contributed by atoms with Gasteiger partial charge in [0.05, 0.1) is 0 Å². The Bertz CT molecular complexity index is 132. The van der Waals surface area contributed by atoms with Crippen LogP contribution in [0.15, 0.2) is 0 Å². The van der Waals surface area contributed by atoms with E-state index in [0.717, 1.165) is 0 Å². The first-order valence-electron chi connectivity index (χ1n) is 2.50. The first-order chi connectivity index (χ1) is 4.04. The van der Waals surface area contributed by atoms with E-state index in [1.165, 1.54) is 13.8 Å². The molecule has 0 heterocycles. The molecular weight excluding hydrogens is 122 g/mol. The van der Waals surface area contributed by atoms with Crippen LogP contribution in [0.3, 0.4) is 0 Å². The average Bonchev–Trinajstić information content (AvgIpc) is 1.63. The molecule has 0 rings (SSSR count). The number of hydrogen-bond acceptors (Lipinski definition) is 3. The lowest BCUT2D eigenvalue weighted by Crippen LogP contribution is -2.29. The maximum atomic E-state index is 10.2. The van der Waals surface area contributed by atoms with Crippen molar-refractivity contribution in [2.24, 2.45) is 5.73 Å². The van der Waals surface area contributed by atoms with Crippen LogP contribution in [0.5, 0.6) is 0 Å². The number of carbonyl (C=O) groups excluding carboxylic acids is 2. The largest absolute Gasteiger partial charge is 0.453 e. The van der Waals surface area contributed by atoms with Gasteiger partial charge in [-0.25, -0.2) is 0 Å². The first-order valence-corrected chi connectivity index (χ1v) is 2.50. The van der Waals surface area contributed by atoms with E-state index in [1.807, 2.05) is 0 Å². The molecule has 0 fully saturated rings. The summed E-state index contributed by atoms with van der Waals surface area (Å²) in [6.45, 7) is 2.64. The fourth-order valence-corrected chi connectivity index (χ4v) is 0.307. The van der Waals surface area contributed by atoms with Gasteiger partial charge in [0.15, 0.2) is 6.10 Å². The molecule has 0 aromatic carbocycles. The lowest BCUT2D eigenvalue weighted by Gasteiger charge is -2.05. The first kappa shape index (κ1) is 7.94. The van der Waals surface area contributed by atoms with Crippen LogP contribution in [0.2, 0.25) is 0 Å². The Hall–Kier alpha value is -1.06. The van der Waals surface area contributed by atoms with E-state index in [0.29, 0.717) is 0 Å². The number of ether oxygens (including phenoxy) is 1. The Morgan fingerprint density at radius 3 is 2.11 bits per heavy atom. The van der Waals surface area contributed by atoms with Crippen molar-refractivity contribution in [2.45, 2.75) is 20.0 Å². The molecule has 0 aromatic rings. The van der Waals surface area contributed by atoms with Crippen molar-refractivity contribution in [3.63, 3.8) is 0 Å². The van der Waals surface area contributed by atoms with Crippen LogP contribution in [0.4, 0.5) is 0 Å². The van der Waals surface area contributed by atoms with E-state index in [2.05, 4.69) is 4.74 Å². The summed E-state index contributed by atoms with van der Waals surface area (Å²) in [5.74, 6) is -1.13. The summed E-state index contributed by atoms with van der Waals surface area (Å²) in [6.07, 6.45) is -0.817. The van der Waals surface area contributed by atoms with Crippen LogP contribution in [0.1, 0.15) is 13.8 Å². The second-order valence-corrected chi connectivity index (χ2v) is 1.65. The van der Waals surface area contributed by atoms with Crippen molar-refractivity contribution in [1.82, 2.24) is 0 Å². The molecule has 0 saturated heterocycles. The summed E-state index contributed by atoms with van der Waals surface area (Å²) in [6, 6.07) is 0. The molecule has 0 unspecified atom stereocenters. The molecule has 4 heteroatoms. The number of carbonyl (C=O) groups is 2. The second-order valence-electron chi connectivity index (χ2n) is 1.65. The molecule has 4 nitrogen and oxygen atoms in total. The normalized spacial score (nSPS) is 12.2. The van der Waals surface area contributed by atoms with Gasteiger partial charge in [-0.1, -0.05) is 0 Å². The Morgan fingerprint density at radius 1 is 1.56 bits per heavy atom. The second kappa shape index (κ2) is 3.06. The monoisotopic (exact) mass is 131 g/mol. The van der Waals surface area contributed by atoms with Gasteiger partial charge in [0, 0.05) is 6.92 Å². The number of esters is 1. The van der Waals surface area contributed by atoms with Gasteiger partial charge in [0.2, 0.25) is 0 Å². The standard InChI is InChI=1S/C5H9NO3/c1-3(5(6)8)9-4(2)7/h3H,1-2H3,(H2,6,8)/t3-/m1/s1. The molecule has 1 amide bonds. The van der Waals surface area contributed by atoms with E-state index in [1.54, 1.807) is 0 Å². The lowest BCUT2D eigenvalue weighted by molar-refractivity contribution is -0.151. The molecule has 0 aliphatic heterocycles. The van der Waals surface area contributed by atoms with Crippen molar-refractivity contribution in [3.05, 3.63) is 0 Å². The summed E-state index contributed by atoms with van der Waals surface area (Å²) in [7, 11) is 0. The predicted molar refractivity (Wildman–Crippen MR) is 30.4 cm³/mol. The van der Waals surface area contributed by atoms with Gasteiger partial charge < -0.3 is 10.5 Å². The zero-order valence-electron chi connectivity index (χ0n) is 5.38. The fraction of sp³-hybridized carbons (Fsp3) is 0.600. The van der Waals surface area contributed by atoms with Gasteiger partial charge in [0.25, 0.3) is 5.91 Å². The van der Waals surface area contributed by atoms with Crippen molar-refractivity contribution < 1.29 is 14.3 Å². The highest BCUT2D eigenvalue weighted by atomic mass is 16.5. The Morgan fingerprint density at radius 2 is 2.00 bits per heavy atom. The third-order valence-corrected chi connectivity index (χ3v) is 0.743. The summed E-state index contributed by atoms with van der Waals surface area (Å²) in [4.78, 5) is 20.3. The number of primary amides is 1. The highest BCUT2D eigenvalue weighted by Crippen LogP contribution is 1.87. The molecule has 0 saturated carbocycles. The number of rotatable bonds is 2. The van der Waals surface area contributed by atoms with Gasteiger partial charge in [0.1, 0.15) is 0 Å². The summed E-state index contributed by atoms with van der Waals surface area (Å²) in [5.41, 5.74) is 4.77. The predicted octanol–water partition coefficient (Wildman–Crippen LogP) is -0.577. The van der Waals surface area contributed by atoms with E-state index in [9.17, 15) is 9.59 Å². The van der Waals surface area contributed by atoms with E-state index >= 15 is 0 Å². The topological polar surface area (TPSA) is 69.4 Å². The average molecular weight is 131 g/mol. The van der Waals surface area contributed by atoms with Gasteiger partial charge in [-0.3, -0.25) is 9.59 Å². The third-order valence-electron chi connectivity index (χ3n) is 0.743. The zero-order valence-corrected chi connectivity index (χ0v) is 5.38. The molecular formula is C5H9NO3. The van der Waals surface area contributed by atoms with Gasteiger partial charge in [-0.05, 0) is 6.92 Å². The Balaban J connectivity index is 3.63. The van der Waals surface area contributed by atoms with Crippen LogP contribution in [-0.2, 0) is 14.3 Å². The maximum Gasteiger partial charge on any atom is 0.303 e.